The molecule has 1 aliphatic carbocycles. The van der Waals surface area contributed by atoms with Crippen LogP contribution in [0.15, 0.2) is 30.3 Å². The van der Waals surface area contributed by atoms with Crippen LogP contribution in [0.1, 0.15) is 39.9 Å². The van der Waals surface area contributed by atoms with Gasteiger partial charge in [-0.3, -0.25) is 8.98 Å². The molecule has 0 aliphatic heterocycles. The number of fused-ring (bicyclic) bond motifs is 1. The van der Waals surface area contributed by atoms with Gasteiger partial charge in [0.05, 0.1) is 40.9 Å². The highest BCUT2D eigenvalue weighted by atomic mass is 32.2. The number of aromatic nitrogens is 2. The normalized spacial score (nSPS) is 18.5. The van der Waals surface area contributed by atoms with Crippen molar-refractivity contribution in [3.05, 3.63) is 46.7 Å². The van der Waals surface area contributed by atoms with Crippen LogP contribution < -0.4 is 10.1 Å². The van der Waals surface area contributed by atoms with E-state index in [0.29, 0.717) is 11.3 Å². The first-order valence-electron chi connectivity index (χ1n) is 10.1. The minimum absolute atomic E-state index is 0.135. The summed E-state index contributed by atoms with van der Waals surface area (Å²) in [6.45, 7) is 0.147. The molecule has 182 valence electrons. The van der Waals surface area contributed by atoms with Crippen LogP contribution >= 0.6 is 11.3 Å². The minimum Gasteiger partial charge on any atom is -0.494 e. The van der Waals surface area contributed by atoms with E-state index in [0.717, 1.165) is 40.9 Å². The van der Waals surface area contributed by atoms with Crippen LogP contribution in [-0.2, 0) is 20.5 Å². The molecule has 2 heterocycles. The number of nitrogens with zero attached hydrogens (tertiary/aromatic N) is 2. The average Bonchev–Trinajstić information content (AvgIpc) is 3.12. The van der Waals surface area contributed by atoms with Crippen LogP contribution in [-0.4, -0.2) is 44.3 Å². The molecular weight excluding hydrogens is 495 g/mol. The number of amides is 1. The zero-order chi connectivity index (χ0) is 24.7. The third kappa shape index (κ3) is 5.47. The molecule has 8 nitrogen and oxygen atoms in total. The van der Waals surface area contributed by atoms with Gasteiger partial charge in [0.25, 0.3) is 16.0 Å². The minimum atomic E-state index is -4.66. The molecule has 0 unspecified atom stereocenters. The van der Waals surface area contributed by atoms with Crippen molar-refractivity contribution in [3.8, 4) is 5.75 Å². The number of ether oxygens (including phenoxy) is 1. The maximum atomic E-state index is 12.9. The fourth-order valence-corrected chi connectivity index (χ4v) is 5.17. The van der Waals surface area contributed by atoms with E-state index in [2.05, 4.69) is 15.3 Å². The van der Waals surface area contributed by atoms with E-state index in [9.17, 15) is 26.4 Å². The van der Waals surface area contributed by atoms with Gasteiger partial charge in [0.1, 0.15) is 17.1 Å². The second kappa shape index (κ2) is 9.12. The maximum Gasteiger partial charge on any atom is 0.433 e. The lowest BCUT2D eigenvalue weighted by atomic mass is 9.76. The number of anilines is 1. The summed E-state index contributed by atoms with van der Waals surface area (Å²) >= 11 is 1.43. The Balaban J connectivity index is 1.50. The number of hydrogen-bond donors (Lipinski definition) is 1. The summed E-state index contributed by atoms with van der Waals surface area (Å²) in [5.74, 6) is -0.195. The number of rotatable bonds is 7. The van der Waals surface area contributed by atoms with Crippen LogP contribution in [0.2, 0.25) is 0 Å². The van der Waals surface area contributed by atoms with Gasteiger partial charge >= 0.3 is 6.18 Å². The van der Waals surface area contributed by atoms with E-state index in [1.807, 2.05) is 0 Å². The molecule has 0 saturated heterocycles. The summed E-state index contributed by atoms with van der Waals surface area (Å²) < 4.78 is 72.0. The molecule has 2 aromatic heterocycles. The van der Waals surface area contributed by atoms with Crippen molar-refractivity contribution < 1.29 is 35.3 Å². The lowest BCUT2D eigenvalue weighted by Gasteiger charge is -2.33. The molecule has 3 aromatic rings. The Morgan fingerprint density at radius 1 is 1.24 bits per heavy atom. The Morgan fingerprint density at radius 2 is 1.97 bits per heavy atom. The number of carbonyl (C=O) groups excluding carboxylic acids is 1. The van der Waals surface area contributed by atoms with Crippen LogP contribution in [0.5, 0.6) is 5.75 Å². The molecule has 0 spiro atoms. The van der Waals surface area contributed by atoms with E-state index < -0.39 is 27.9 Å². The Hall–Kier alpha value is -2.77. The van der Waals surface area contributed by atoms with Crippen molar-refractivity contribution in [1.29, 1.82) is 0 Å². The monoisotopic (exact) mass is 515 g/mol. The lowest BCUT2D eigenvalue weighted by molar-refractivity contribution is -0.141. The molecule has 13 heteroatoms. The zero-order valence-corrected chi connectivity index (χ0v) is 19.7. The highest BCUT2D eigenvalue weighted by Gasteiger charge is 2.34. The summed E-state index contributed by atoms with van der Waals surface area (Å²) in [5, 5.41) is 3.44. The van der Waals surface area contributed by atoms with Crippen molar-refractivity contribution >= 4 is 43.3 Å². The summed E-state index contributed by atoms with van der Waals surface area (Å²) in [7, 11) is -2.06. The largest absolute Gasteiger partial charge is 0.494 e. The first-order valence-corrected chi connectivity index (χ1v) is 12.7. The first kappa shape index (κ1) is 24.4. The Kier molecular flexibility index (Phi) is 6.53. The molecule has 1 fully saturated rings. The van der Waals surface area contributed by atoms with Gasteiger partial charge in [-0.15, -0.1) is 11.3 Å². The first-order chi connectivity index (χ1) is 15.9. The fourth-order valence-electron chi connectivity index (χ4n) is 3.61. The second-order valence-corrected chi connectivity index (χ2v) is 10.7. The van der Waals surface area contributed by atoms with Gasteiger partial charge in [0, 0.05) is 12.0 Å². The van der Waals surface area contributed by atoms with Crippen LogP contribution in [0.4, 0.5) is 18.9 Å². The number of pyridine rings is 1. The molecule has 4 rings (SSSR count). The average molecular weight is 516 g/mol. The summed E-state index contributed by atoms with van der Waals surface area (Å²) in [5.41, 5.74) is -0.598. The SMILES string of the molecule is COc1cc2nc(C3CC(COS(C)(=O)=O)C3)sc2cc1NC(=O)c1cccc(C(F)(F)F)n1. The van der Waals surface area contributed by atoms with Crippen molar-refractivity contribution in [1.82, 2.24) is 9.97 Å². The number of hydrogen-bond acceptors (Lipinski definition) is 8. The number of benzene rings is 1. The molecule has 1 saturated carbocycles. The fraction of sp³-hybridized carbons (Fsp3) is 0.381. The van der Waals surface area contributed by atoms with E-state index in [4.69, 9.17) is 8.92 Å². The Bertz CT molecular complexity index is 1340. The van der Waals surface area contributed by atoms with E-state index in [1.165, 1.54) is 24.5 Å². The molecule has 1 amide bonds. The predicted octanol–water partition coefficient (Wildman–Crippen LogP) is 4.44. The number of nitrogens with one attached hydrogen (secondary N) is 1. The van der Waals surface area contributed by atoms with Gasteiger partial charge in [-0.2, -0.15) is 21.6 Å². The van der Waals surface area contributed by atoms with E-state index in [1.54, 1.807) is 12.1 Å². The molecular formula is C21H20F3N3O5S2. The summed E-state index contributed by atoms with van der Waals surface area (Å²) in [6.07, 6.45) is -2.15. The Morgan fingerprint density at radius 3 is 2.62 bits per heavy atom. The number of halogens is 3. The van der Waals surface area contributed by atoms with Crippen LogP contribution in [0, 0.1) is 5.92 Å². The topological polar surface area (TPSA) is 107 Å². The highest BCUT2D eigenvalue weighted by molar-refractivity contribution is 7.85. The molecule has 0 radical (unpaired) electrons. The van der Waals surface area contributed by atoms with Gasteiger partial charge in [0.15, 0.2) is 0 Å². The molecule has 0 atom stereocenters. The Labute approximate surface area is 197 Å². The van der Waals surface area contributed by atoms with Gasteiger partial charge in [-0.05, 0) is 37.0 Å². The third-order valence-electron chi connectivity index (χ3n) is 5.35. The summed E-state index contributed by atoms with van der Waals surface area (Å²) in [6, 6.07) is 6.41. The van der Waals surface area contributed by atoms with Crippen LogP contribution in [0.3, 0.4) is 0 Å². The number of alkyl halides is 3. The van der Waals surface area contributed by atoms with Crippen molar-refractivity contribution in [2.45, 2.75) is 24.9 Å². The van der Waals surface area contributed by atoms with Gasteiger partial charge < -0.3 is 10.1 Å². The smallest absolute Gasteiger partial charge is 0.433 e. The molecule has 1 aromatic carbocycles. The van der Waals surface area contributed by atoms with Crippen molar-refractivity contribution in [2.75, 3.05) is 25.3 Å². The number of methoxy groups -OCH3 is 1. The van der Waals surface area contributed by atoms with E-state index >= 15 is 0 Å². The molecule has 34 heavy (non-hydrogen) atoms. The van der Waals surface area contributed by atoms with Crippen molar-refractivity contribution in [3.63, 3.8) is 0 Å². The third-order valence-corrected chi connectivity index (χ3v) is 7.09. The lowest BCUT2D eigenvalue weighted by Crippen LogP contribution is -2.26. The number of carbonyl (C=O) groups is 1. The highest BCUT2D eigenvalue weighted by Crippen LogP contribution is 2.45. The maximum absolute atomic E-state index is 12.9. The quantitative estimate of drug-likeness (QED) is 0.464. The number of thiazole rings is 1. The second-order valence-electron chi connectivity index (χ2n) is 7.96. The molecule has 1 aliphatic rings. The zero-order valence-electron chi connectivity index (χ0n) is 18.0. The summed E-state index contributed by atoms with van der Waals surface area (Å²) in [4.78, 5) is 20.6. The van der Waals surface area contributed by atoms with Gasteiger partial charge in [0.2, 0.25) is 0 Å². The van der Waals surface area contributed by atoms with Gasteiger partial charge in [-0.1, -0.05) is 6.07 Å². The van der Waals surface area contributed by atoms with Crippen LogP contribution in [0.25, 0.3) is 10.2 Å². The predicted molar refractivity (Wildman–Crippen MR) is 120 cm³/mol. The molecule has 0 bridgehead atoms. The molecule has 1 N–H and O–H groups in total. The van der Waals surface area contributed by atoms with Gasteiger partial charge in [-0.25, -0.2) is 9.97 Å². The van der Waals surface area contributed by atoms with E-state index in [-0.39, 0.29) is 29.8 Å². The standard InChI is InChI=1S/C21H20F3N3O5S2/c1-31-16-8-15-17(33-20(27-15)12-6-11(7-12)10-32-34(2,29)30)9-14(16)26-19(28)13-4-3-5-18(25-13)21(22,23)24/h3-5,8-9,11-12H,6-7,10H2,1-2H3,(H,26,28). The van der Waals surface area contributed by atoms with Crippen molar-refractivity contribution in [2.24, 2.45) is 5.92 Å².